The van der Waals surface area contributed by atoms with Crippen LogP contribution in [0.2, 0.25) is 0 Å². The molecule has 0 fully saturated rings. The molecule has 7 nitrogen and oxygen atoms in total. The summed E-state index contributed by atoms with van der Waals surface area (Å²) in [5.41, 5.74) is 1.80. The molecule has 1 amide bonds. The molecule has 134 valence electrons. The summed E-state index contributed by atoms with van der Waals surface area (Å²) < 4.78 is 25.2. The summed E-state index contributed by atoms with van der Waals surface area (Å²) in [5, 5.41) is 12.0. The minimum absolute atomic E-state index is 0.125. The molecule has 9 heteroatoms. The number of carbonyl (C=O) groups is 1. The van der Waals surface area contributed by atoms with E-state index in [0.717, 1.165) is 5.56 Å². The highest BCUT2D eigenvalue weighted by atomic mass is 79.9. The number of hydrogen-bond donors (Lipinski definition) is 2. The fraction of sp³-hybridized carbons (Fsp3) is 0.0588. The summed E-state index contributed by atoms with van der Waals surface area (Å²) >= 11 is 3.25. The maximum Gasteiger partial charge on any atom is 0.256 e. The maximum absolute atomic E-state index is 12.5. The number of primary sulfonamides is 1. The lowest BCUT2D eigenvalue weighted by molar-refractivity contribution is 0.102. The van der Waals surface area contributed by atoms with Crippen molar-refractivity contribution in [3.8, 4) is 0 Å². The number of aromatic nitrogens is 2. The van der Waals surface area contributed by atoms with Gasteiger partial charge in [0.05, 0.1) is 17.0 Å². The third kappa shape index (κ3) is 4.37. The van der Waals surface area contributed by atoms with Crippen molar-refractivity contribution < 1.29 is 13.2 Å². The van der Waals surface area contributed by atoms with Crippen molar-refractivity contribution in [2.45, 2.75) is 11.4 Å². The number of rotatable bonds is 5. The van der Waals surface area contributed by atoms with Crippen molar-refractivity contribution in [2.24, 2.45) is 5.14 Å². The van der Waals surface area contributed by atoms with Gasteiger partial charge in [-0.15, -0.1) is 0 Å². The summed E-state index contributed by atoms with van der Waals surface area (Å²) in [5.74, 6) is -0.442. The van der Waals surface area contributed by atoms with Crippen molar-refractivity contribution in [3.63, 3.8) is 0 Å². The Hall–Kier alpha value is -2.49. The monoisotopic (exact) mass is 434 g/mol. The Morgan fingerprint density at radius 3 is 2.54 bits per heavy atom. The molecule has 0 aliphatic rings. The fourth-order valence-corrected chi connectivity index (χ4v) is 3.29. The van der Waals surface area contributed by atoms with Crippen molar-refractivity contribution >= 4 is 37.5 Å². The molecule has 0 aliphatic carbocycles. The first-order valence-corrected chi connectivity index (χ1v) is 9.87. The van der Waals surface area contributed by atoms with Gasteiger partial charge in [-0.25, -0.2) is 13.6 Å². The molecule has 1 aromatic heterocycles. The topological polar surface area (TPSA) is 107 Å². The first-order chi connectivity index (χ1) is 12.3. The molecule has 0 radical (unpaired) electrons. The number of halogens is 1. The van der Waals surface area contributed by atoms with Crippen LogP contribution in [0.25, 0.3) is 0 Å². The Kier molecular flexibility index (Phi) is 5.21. The fourth-order valence-electron chi connectivity index (χ4n) is 2.33. The number of sulfonamides is 1. The van der Waals surface area contributed by atoms with Crippen molar-refractivity contribution in [1.82, 2.24) is 9.78 Å². The van der Waals surface area contributed by atoms with Gasteiger partial charge in [-0.1, -0.05) is 12.1 Å². The zero-order valence-electron chi connectivity index (χ0n) is 13.5. The minimum Gasteiger partial charge on any atom is -0.322 e. The average Bonchev–Trinajstić information content (AvgIpc) is 3.09. The Balaban J connectivity index is 1.76. The second-order valence-corrected chi connectivity index (χ2v) is 7.96. The standard InChI is InChI=1S/C17H15BrN4O3S/c18-16-7-6-14(26(19,24)25)10-15(16)17(23)21-13-4-2-12(3-5-13)11-22-9-1-8-20-22/h1-10H,11H2,(H,21,23)(H2,19,24,25). The molecule has 2 aromatic carbocycles. The Bertz CT molecular complexity index is 1030. The predicted molar refractivity (Wildman–Crippen MR) is 101 cm³/mol. The zero-order chi connectivity index (χ0) is 18.7. The Labute approximate surface area is 159 Å². The summed E-state index contributed by atoms with van der Waals surface area (Å²) in [6.45, 7) is 0.628. The van der Waals surface area contributed by atoms with Gasteiger partial charge in [-0.05, 0) is 57.9 Å². The van der Waals surface area contributed by atoms with Crippen LogP contribution < -0.4 is 10.5 Å². The molecular formula is C17H15BrN4O3S. The highest BCUT2D eigenvalue weighted by molar-refractivity contribution is 9.10. The van der Waals surface area contributed by atoms with Gasteiger partial charge < -0.3 is 5.32 Å². The van der Waals surface area contributed by atoms with Gasteiger partial charge in [0.25, 0.3) is 5.91 Å². The molecule has 1 heterocycles. The highest BCUT2D eigenvalue weighted by Crippen LogP contribution is 2.22. The molecule has 26 heavy (non-hydrogen) atoms. The number of nitrogens with two attached hydrogens (primary N) is 1. The quantitative estimate of drug-likeness (QED) is 0.643. The van der Waals surface area contributed by atoms with Crippen LogP contribution >= 0.6 is 15.9 Å². The van der Waals surface area contributed by atoms with Gasteiger partial charge in [0.2, 0.25) is 10.0 Å². The van der Waals surface area contributed by atoms with E-state index in [2.05, 4.69) is 26.3 Å². The molecular weight excluding hydrogens is 420 g/mol. The summed E-state index contributed by atoms with van der Waals surface area (Å²) in [4.78, 5) is 12.3. The normalized spacial score (nSPS) is 11.3. The first-order valence-electron chi connectivity index (χ1n) is 7.53. The van der Waals surface area contributed by atoms with Crippen LogP contribution in [0.5, 0.6) is 0 Å². The van der Waals surface area contributed by atoms with Gasteiger partial charge in [-0.3, -0.25) is 9.48 Å². The molecule has 0 bridgehead atoms. The molecule has 0 saturated heterocycles. The number of nitrogens with zero attached hydrogens (tertiary/aromatic N) is 2. The molecule has 0 atom stereocenters. The van der Waals surface area contributed by atoms with Crippen LogP contribution in [0, 0.1) is 0 Å². The van der Waals surface area contributed by atoms with E-state index in [0.29, 0.717) is 16.7 Å². The van der Waals surface area contributed by atoms with Gasteiger partial charge in [-0.2, -0.15) is 5.10 Å². The Morgan fingerprint density at radius 1 is 1.19 bits per heavy atom. The van der Waals surface area contributed by atoms with E-state index in [9.17, 15) is 13.2 Å². The second-order valence-electron chi connectivity index (χ2n) is 5.54. The molecule has 3 aromatic rings. The zero-order valence-corrected chi connectivity index (χ0v) is 15.9. The van der Waals surface area contributed by atoms with E-state index in [4.69, 9.17) is 5.14 Å². The van der Waals surface area contributed by atoms with Gasteiger partial charge in [0.1, 0.15) is 0 Å². The summed E-state index contributed by atoms with van der Waals surface area (Å²) in [6.07, 6.45) is 3.58. The van der Waals surface area contributed by atoms with Crippen LogP contribution in [-0.4, -0.2) is 24.1 Å². The number of amides is 1. The molecule has 3 rings (SSSR count). The molecule has 0 spiro atoms. The molecule has 3 N–H and O–H groups in total. The van der Waals surface area contributed by atoms with E-state index >= 15 is 0 Å². The van der Waals surface area contributed by atoms with Crippen molar-refractivity contribution in [1.29, 1.82) is 0 Å². The number of hydrogen-bond acceptors (Lipinski definition) is 4. The van der Waals surface area contributed by atoms with E-state index in [1.807, 2.05) is 24.4 Å². The van der Waals surface area contributed by atoms with Crippen LogP contribution in [0.3, 0.4) is 0 Å². The predicted octanol–water partition coefficient (Wildman–Crippen LogP) is 2.59. The smallest absolute Gasteiger partial charge is 0.256 e. The third-order valence-corrected chi connectivity index (χ3v) is 5.23. The van der Waals surface area contributed by atoms with Gasteiger partial charge in [0, 0.05) is 22.6 Å². The SMILES string of the molecule is NS(=O)(=O)c1ccc(Br)c(C(=O)Nc2ccc(Cn3cccn3)cc2)c1. The van der Waals surface area contributed by atoms with E-state index in [1.54, 1.807) is 23.0 Å². The van der Waals surface area contributed by atoms with E-state index in [-0.39, 0.29) is 10.5 Å². The maximum atomic E-state index is 12.5. The van der Waals surface area contributed by atoms with Gasteiger partial charge in [0.15, 0.2) is 0 Å². The van der Waals surface area contributed by atoms with E-state index < -0.39 is 15.9 Å². The van der Waals surface area contributed by atoms with Crippen molar-refractivity contribution in [2.75, 3.05) is 5.32 Å². The lowest BCUT2D eigenvalue weighted by Crippen LogP contribution is -2.16. The van der Waals surface area contributed by atoms with Crippen molar-refractivity contribution in [3.05, 3.63) is 76.5 Å². The molecule has 0 saturated carbocycles. The number of nitrogens with one attached hydrogen (secondary N) is 1. The van der Waals surface area contributed by atoms with Crippen LogP contribution in [0.1, 0.15) is 15.9 Å². The largest absolute Gasteiger partial charge is 0.322 e. The number of carbonyl (C=O) groups excluding carboxylic acids is 1. The molecule has 0 aliphatic heterocycles. The van der Waals surface area contributed by atoms with E-state index in [1.165, 1.54) is 18.2 Å². The molecule has 0 unspecified atom stereocenters. The highest BCUT2D eigenvalue weighted by Gasteiger charge is 2.15. The lowest BCUT2D eigenvalue weighted by atomic mass is 10.2. The first kappa shape index (κ1) is 18.3. The average molecular weight is 435 g/mol. The number of benzene rings is 2. The second kappa shape index (κ2) is 7.40. The summed E-state index contributed by atoms with van der Waals surface area (Å²) in [6, 6.07) is 13.2. The third-order valence-electron chi connectivity index (χ3n) is 3.63. The number of anilines is 1. The van der Waals surface area contributed by atoms with Crippen LogP contribution in [-0.2, 0) is 16.6 Å². The Morgan fingerprint density at radius 2 is 1.92 bits per heavy atom. The van der Waals surface area contributed by atoms with Gasteiger partial charge >= 0.3 is 0 Å². The minimum atomic E-state index is -3.89. The van der Waals surface area contributed by atoms with Crippen LogP contribution in [0.15, 0.2) is 70.3 Å². The van der Waals surface area contributed by atoms with Crippen LogP contribution in [0.4, 0.5) is 5.69 Å². The summed E-state index contributed by atoms with van der Waals surface area (Å²) in [7, 11) is -3.89. The lowest BCUT2D eigenvalue weighted by Gasteiger charge is -2.09.